The van der Waals surface area contributed by atoms with Crippen LogP contribution in [0.15, 0.2) is 0 Å². The fourth-order valence-electron chi connectivity index (χ4n) is 4.43. The molecule has 3 aliphatic rings. The summed E-state index contributed by atoms with van der Waals surface area (Å²) in [5, 5.41) is 3.06. The first-order valence-corrected chi connectivity index (χ1v) is 8.86. The molecule has 2 aliphatic heterocycles. The molecule has 0 bridgehead atoms. The molecular formula is C17H29N3O3. The summed E-state index contributed by atoms with van der Waals surface area (Å²) in [5.74, 6) is 0.344. The van der Waals surface area contributed by atoms with Crippen molar-refractivity contribution in [1.29, 1.82) is 0 Å². The molecule has 23 heavy (non-hydrogen) atoms. The summed E-state index contributed by atoms with van der Waals surface area (Å²) in [6, 6.07) is -0.0218. The second kappa shape index (κ2) is 6.06. The third kappa shape index (κ3) is 2.66. The average molecular weight is 323 g/mol. The Morgan fingerprint density at radius 3 is 2.48 bits per heavy atom. The fraction of sp³-hybridized carbons (Fsp3) is 0.882. The van der Waals surface area contributed by atoms with E-state index >= 15 is 0 Å². The largest absolute Gasteiger partial charge is 0.376 e. The molecule has 3 rings (SSSR count). The van der Waals surface area contributed by atoms with Crippen molar-refractivity contribution in [3.8, 4) is 0 Å². The zero-order valence-corrected chi connectivity index (χ0v) is 14.7. The monoisotopic (exact) mass is 323 g/mol. The van der Waals surface area contributed by atoms with Crippen molar-refractivity contribution in [2.75, 3.05) is 19.8 Å². The first-order valence-electron chi connectivity index (χ1n) is 8.86. The fourth-order valence-corrected chi connectivity index (χ4v) is 4.43. The number of rotatable bonds is 2. The highest BCUT2D eigenvalue weighted by Gasteiger charge is 2.58. The van der Waals surface area contributed by atoms with Gasteiger partial charge in [0.1, 0.15) is 5.54 Å². The molecule has 1 saturated carbocycles. The first kappa shape index (κ1) is 16.7. The Morgan fingerprint density at radius 2 is 1.83 bits per heavy atom. The van der Waals surface area contributed by atoms with E-state index in [9.17, 15) is 9.59 Å². The summed E-state index contributed by atoms with van der Waals surface area (Å²) < 4.78 is 5.64. The Bertz CT molecular complexity index is 485. The number of carbonyl (C=O) groups is 2. The second-order valence-electron chi connectivity index (χ2n) is 7.67. The number of ether oxygens (including phenoxy) is 1. The predicted octanol–water partition coefficient (Wildman–Crippen LogP) is 1.80. The number of hydrogen-bond donors (Lipinski definition) is 1. The summed E-state index contributed by atoms with van der Waals surface area (Å²) >= 11 is 0. The summed E-state index contributed by atoms with van der Waals surface area (Å²) in [6.45, 7) is 10.0. The van der Waals surface area contributed by atoms with Crippen molar-refractivity contribution in [3.05, 3.63) is 0 Å². The van der Waals surface area contributed by atoms with Gasteiger partial charge in [0.15, 0.2) is 0 Å². The zero-order chi connectivity index (χ0) is 16.8. The quantitative estimate of drug-likeness (QED) is 0.787. The number of amides is 3. The summed E-state index contributed by atoms with van der Waals surface area (Å²) in [5.41, 5.74) is -0.698. The summed E-state index contributed by atoms with van der Waals surface area (Å²) in [7, 11) is 0. The van der Waals surface area contributed by atoms with E-state index in [1.165, 1.54) is 4.90 Å². The molecule has 6 nitrogen and oxygen atoms in total. The summed E-state index contributed by atoms with van der Waals surface area (Å²) in [6.07, 6.45) is 3.25. The molecule has 4 unspecified atom stereocenters. The van der Waals surface area contributed by atoms with Gasteiger partial charge in [0, 0.05) is 12.6 Å². The standard InChI is InChI=1S/C17H29N3O3/c1-11-6-5-7-12(2)17(11)15(21)20(16(22)18-17)10-19-8-14(4)23-9-13(19)3/h11-14H,5-10H2,1-4H3,(H,18,22). The highest BCUT2D eigenvalue weighted by Crippen LogP contribution is 2.42. The Morgan fingerprint density at radius 1 is 1.17 bits per heavy atom. The van der Waals surface area contributed by atoms with Crippen molar-refractivity contribution >= 4 is 11.9 Å². The lowest BCUT2D eigenvalue weighted by atomic mass is 9.67. The van der Waals surface area contributed by atoms with E-state index in [0.29, 0.717) is 13.3 Å². The molecule has 3 fully saturated rings. The van der Waals surface area contributed by atoms with Gasteiger partial charge in [-0.25, -0.2) is 9.69 Å². The Kier molecular flexibility index (Phi) is 4.40. The minimum atomic E-state index is -0.698. The van der Waals surface area contributed by atoms with E-state index in [1.54, 1.807) is 0 Å². The van der Waals surface area contributed by atoms with Crippen LogP contribution in [0, 0.1) is 11.8 Å². The number of nitrogens with one attached hydrogen (secondary N) is 1. The second-order valence-corrected chi connectivity index (χ2v) is 7.67. The maximum atomic E-state index is 13.2. The van der Waals surface area contributed by atoms with Crippen LogP contribution in [0.1, 0.15) is 47.0 Å². The van der Waals surface area contributed by atoms with Gasteiger partial charge in [-0.05, 0) is 38.5 Å². The van der Waals surface area contributed by atoms with Crippen LogP contribution in [-0.4, -0.2) is 59.2 Å². The van der Waals surface area contributed by atoms with Gasteiger partial charge in [-0.2, -0.15) is 0 Å². The van der Waals surface area contributed by atoms with Gasteiger partial charge in [0.25, 0.3) is 5.91 Å². The van der Waals surface area contributed by atoms with Crippen LogP contribution in [0.3, 0.4) is 0 Å². The predicted molar refractivity (Wildman–Crippen MR) is 86.7 cm³/mol. The van der Waals surface area contributed by atoms with Crippen molar-refractivity contribution in [3.63, 3.8) is 0 Å². The zero-order valence-electron chi connectivity index (χ0n) is 14.7. The molecular weight excluding hydrogens is 294 g/mol. The number of carbonyl (C=O) groups excluding carboxylic acids is 2. The molecule has 2 heterocycles. The van der Waals surface area contributed by atoms with Gasteiger partial charge < -0.3 is 10.1 Å². The molecule has 0 aromatic carbocycles. The van der Waals surface area contributed by atoms with Gasteiger partial charge >= 0.3 is 6.03 Å². The molecule has 130 valence electrons. The number of hydrogen-bond acceptors (Lipinski definition) is 4. The average Bonchev–Trinajstić information content (AvgIpc) is 2.74. The molecule has 6 heteroatoms. The molecule has 3 amide bonds. The number of nitrogens with zero attached hydrogens (tertiary/aromatic N) is 2. The summed E-state index contributed by atoms with van der Waals surface area (Å²) in [4.78, 5) is 29.3. The van der Waals surface area contributed by atoms with Crippen LogP contribution in [0.2, 0.25) is 0 Å². The third-order valence-electron chi connectivity index (χ3n) is 6.05. The van der Waals surface area contributed by atoms with Crippen molar-refractivity contribution < 1.29 is 14.3 Å². The lowest BCUT2D eigenvalue weighted by molar-refractivity contribution is -0.140. The van der Waals surface area contributed by atoms with Gasteiger partial charge in [0.05, 0.1) is 19.4 Å². The molecule has 2 saturated heterocycles. The van der Waals surface area contributed by atoms with Crippen molar-refractivity contribution in [2.45, 2.75) is 64.6 Å². The normalized spacial score (nSPS) is 42.3. The first-order chi connectivity index (χ1) is 10.9. The minimum absolute atomic E-state index is 0.0338. The maximum Gasteiger partial charge on any atom is 0.326 e. The van der Waals surface area contributed by atoms with Gasteiger partial charge in [-0.1, -0.05) is 20.3 Å². The molecule has 0 aromatic heterocycles. The number of morpholine rings is 1. The van der Waals surface area contributed by atoms with Crippen LogP contribution < -0.4 is 5.32 Å². The van der Waals surface area contributed by atoms with E-state index in [-0.39, 0.29) is 35.9 Å². The minimum Gasteiger partial charge on any atom is -0.376 e. The Hall–Kier alpha value is -1.14. The molecule has 1 aliphatic carbocycles. The molecule has 0 aromatic rings. The van der Waals surface area contributed by atoms with Crippen LogP contribution >= 0.6 is 0 Å². The highest BCUT2D eigenvalue weighted by molar-refractivity contribution is 6.07. The van der Waals surface area contributed by atoms with E-state index < -0.39 is 5.54 Å². The third-order valence-corrected chi connectivity index (χ3v) is 6.05. The lowest BCUT2D eigenvalue weighted by Gasteiger charge is -2.42. The van der Waals surface area contributed by atoms with Crippen LogP contribution in [0.4, 0.5) is 4.79 Å². The lowest BCUT2D eigenvalue weighted by Crippen LogP contribution is -2.59. The topological polar surface area (TPSA) is 61.9 Å². The van der Waals surface area contributed by atoms with Crippen LogP contribution in [0.25, 0.3) is 0 Å². The molecule has 0 radical (unpaired) electrons. The van der Waals surface area contributed by atoms with Crippen molar-refractivity contribution in [2.24, 2.45) is 11.8 Å². The Balaban J connectivity index is 1.79. The number of imide groups is 1. The highest BCUT2D eigenvalue weighted by atomic mass is 16.5. The van der Waals surface area contributed by atoms with Gasteiger partial charge in [0.2, 0.25) is 0 Å². The maximum absolute atomic E-state index is 13.2. The van der Waals surface area contributed by atoms with E-state index in [0.717, 1.165) is 25.8 Å². The molecule has 1 spiro atoms. The van der Waals surface area contributed by atoms with Gasteiger partial charge in [-0.3, -0.25) is 9.69 Å². The van der Waals surface area contributed by atoms with Crippen molar-refractivity contribution in [1.82, 2.24) is 15.1 Å². The Labute approximate surface area is 138 Å². The van der Waals surface area contributed by atoms with Gasteiger partial charge in [-0.15, -0.1) is 0 Å². The van der Waals surface area contributed by atoms with Crippen LogP contribution in [-0.2, 0) is 9.53 Å². The molecule has 4 atom stereocenters. The van der Waals surface area contributed by atoms with E-state index in [1.807, 2.05) is 6.92 Å². The SMILES string of the molecule is CC1CN(CN2C(=O)NC3(C2=O)C(C)CCCC3C)C(C)CO1. The van der Waals surface area contributed by atoms with Crippen LogP contribution in [0.5, 0.6) is 0 Å². The van der Waals surface area contributed by atoms with E-state index in [4.69, 9.17) is 4.74 Å². The molecule has 1 N–H and O–H groups in total. The number of urea groups is 1. The smallest absolute Gasteiger partial charge is 0.326 e. The van der Waals surface area contributed by atoms with E-state index in [2.05, 4.69) is 31.0 Å².